The van der Waals surface area contributed by atoms with Gasteiger partial charge in [0.15, 0.2) is 23.6 Å². The van der Waals surface area contributed by atoms with Crippen LogP contribution in [-0.4, -0.2) is 171 Å². The number of hydrogen-bond donors (Lipinski definition) is 10. The van der Waals surface area contributed by atoms with Gasteiger partial charge in [0.25, 0.3) is 5.91 Å². The number of Topliss-reactive ketones (excluding diaryl/α,β-unsaturated/α-hetero) is 1. The number of aliphatic hydroxyl groups is 3. The van der Waals surface area contributed by atoms with Gasteiger partial charge in [0, 0.05) is 37.7 Å². The number of phosphoric acid groups is 6. The first-order chi connectivity index (χ1) is 44.0. The number of hydrogen-bond acceptors (Lipinski definition) is 29. The fourth-order valence-electron chi connectivity index (χ4n) is 13.5. The van der Waals surface area contributed by atoms with Crippen LogP contribution >= 0.6 is 46.9 Å². The third kappa shape index (κ3) is 14.2. The van der Waals surface area contributed by atoms with E-state index in [1.54, 1.807) is 92.7 Å². The Morgan fingerprint density at radius 1 is 0.611 bits per heavy atom. The van der Waals surface area contributed by atoms with Gasteiger partial charge in [-0.3, -0.25) is 46.3 Å². The van der Waals surface area contributed by atoms with E-state index in [9.17, 15) is 96.0 Å². The SMILES string of the molecule is CC(=O)O[C@H]1C(=O)[C@@]2(C)[C@H]([C@H](OC(=O)c3ccccc3)[C@]3(O)C[C@H](OC(=O)[C@H](O)[C@@H](NC(=O)c4ccccc4)c4ccccc4)C(C)=C1C3(C)C)[C@]1(OC(C)=O)CO[C@@H]1C[C@@H]2O.O=P1(O)OC2C3OP(=O)(O)OP(=O)(O)OC3C3OP(=O)(O)OP(=O)(O)OC3C2OP(=O)(O)O1. The normalized spacial score (nSPS) is 42.3. The number of fused-ring (bicyclic) bond motifs is 11. The van der Waals surface area contributed by atoms with Crippen molar-refractivity contribution >= 4 is 82.5 Å². The molecule has 11 rings (SSSR count). The molecule has 1 amide bonds. The van der Waals surface area contributed by atoms with Crippen LogP contribution in [0.2, 0.25) is 0 Å². The predicted molar refractivity (Wildman–Crippen MR) is 309 cm³/mol. The number of rotatable bonds is 10. The van der Waals surface area contributed by atoms with Crippen LogP contribution in [0.4, 0.5) is 0 Å². The molecule has 0 spiro atoms. The minimum atomic E-state index is -5.59. The number of aliphatic hydroxyl groups excluding tert-OH is 2. The van der Waals surface area contributed by atoms with E-state index in [0.29, 0.717) is 5.56 Å². The zero-order chi connectivity index (χ0) is 69.8. The van der Waals surface area contributed by atoms with Crippen molar-refractivity contribution in [3.05, 3.63) is 119 Å². The van der Waals surface area contributed by atoms with E-state index < -0.39 is 196 Å². The van der Waals surface area contributed by atoms with Crippen LogP contribution in [0.25, 0.3) is 0 Å². The summed E-state index contributed by atoms with van der Waals surface area (Å²) in [6, 6.07) is 22.9. The van der Waals surface area contributed by atoms with E-state index in [-0.39, 0.29) is 35.3 Å². The van der Waals surface area contributed by atoms with Crippen LogP contribution in [0.5, 0.6) is 0 Å². The van der Waals surface area contributed by atoms with E-state index in [4.69, 9.17) is 23.7 Å². The summed E-state index contributed by atoms with van der Waals surface area (Å²) in [6.07, 6.45) is -24.9. The molecule has 42 heteroatoms. The van der Waals surface area contributed by atoms with Crippen molar-refractivity contribution in [2.75, 3.05) is 6.61 Å². The summed E-state index contributed by atoms with van der Waals surface area (Å²) < 4.78 is 142. The predicted octanol–water partition coefficient (Wildman–Crippen LogP) is 3.74. The Balaban J connectivity index is 0.000000250. The molecule has 17 atom stereocenters. The number of ketones is 1. The third-order valence-corrected chi connectivity index (χ3v) is 25.6. The maximum absolute atomic E-state index is 15.5. The molecule has 95 heavy (non-hydrogen) atoms. The van der Waals surface area contributed by atoms with Crippen molar-refractivity contribution in [3.63, 3.8) is 0 Å². The number of carbonyl (C=O) groups is 6. The fourth-order valence-corrected chi connectivity index (χ4v) is 20.8. The van der Waals surface area contributed by atoms with Crippen LogP contribution in [0.1, 0.15) is 86.7 Å². The molecular weight excluding hydrogens is 1400 g/mol. The molecule has 8 aliphatic rings. The summed E-state index contributed by atoms with van der Waals surface area (Å²) in [6.45, 7) is 7.97. The van der Waals surface area contributed by atoms with Gasteiger partial charge in [0.05, 0.1) is 35.6 Å². The van der Waals surface area contributed by atoms with Crippen molar-refractivity contribution in [3.8, 4) is 0 Å². The molecule has 3 saturated carbocycles. The maximum Gasteiger partial charge on any atom is 0.481 e. The number of benzene rings is 3. The highest BCUT2D eigenvalue weighted by Gasteiger charge is 2.79. The molecular formula is C53H63NO35P6. The Labute approximate surface area is 537 Å². The Kier molecular flexibility index (Phi) is 19.9. The number of amides is 1. The van der Waals surface area contributed by atoms with Gasteiger partial charge >= 0.3 is 70.8 Å². The lowest BCUT2D eigenvalue weighted by Crippen LogP contribution is -2.82. The van der Waals surface area contributed by atoms with Crippen molar-refractivity contribution in [1.82, 2.24) is 5.32 Å². The van der Waals surface area contributed by atoms with Gasteiger partial charge in [-0.25, -0.2) is 37.0 Å². The van der Waals surface area contributed by atoms with Crippen LogP contribution < -0.4 is 5.32 Å². The molecule has 3 aromatic rings. The molecule has 4 saturated heterocycles. The summed E-state index contributed by atoms with van der Waals surface area (Å²) in [4.78, 5) is 142. The second-order valence-electron chi connectivity index (χ2n) is 23.8. The Morgan fingerprint density at radius 2 is 1.03 bits per heavy atom. The molecule has 10 N–H and O–H groups in total. The highest BCUT2D eigenvalue weighted by atomic mass is 31.3. The molecule has 2 bridgehead atoms. The van der Waals surface area contributed by atoms with E-state index in [2.05, 4.69) is 45.4 Å². The maximum atomic E-state index is 15.5. The van der Waals surface area contributed by atoms with Gasteiger partial charge in [0.2, 0.25) is 0 Å². The monoisotopic (exact) mass is 1460 g/mol. The van der Waals surface area contributed by atoms with Crippen LogP contribution in [0.15, 0.2) is 102 Å². The third-order valence-electron chi connectivity index (χ3n) is 17.6. The lowest BCUT2D eigenvalue weighted by molar-refractivity contribution is -0.346. The van der Waals surface area contributed by atoms with Gasteiger partial charge < -0.3 is 73.7 Å². The van der Waals surface area contributed by atoms with E-state index in [1.807, 2.05) is 0 Å². The number of nitrogens with one attached hydrogen (secondary N) is 1. The molecule has 6 unspecified atom stereocenters. The van der Waals surface area contributed by atoms with Gasteiger partial charge in [-0.05, 0) is 54.8 Å². The van der Waals surface area contributed by atoms with Gasteiger partial charge in [-0.15, -0.1) is 0 Å². The largest absolute Gasteiger partial charge is 0.481 e. The molecule has 520 valence electrons. The zero-order valence-corrected chi connectivity index (χ0v) is 55.6. The molecule has 36 nitrogen and oxygen atoms in total. The van der Waals surface area contributed by atoms with E-state index in [0.717, 1.165) is 13.8 Å². The molecule has 0 aromatic heterocycles. The molecule has 3 aromatic carbocycles. The zero-order valence-electron chi connectivity index (χ0n) is 50.2. The molecule has 4 aliphatic carbocycles. The first-order valence-corrected chi connectivity index (χ1v) is 37.3. The summed E-state index contributed by atoms with van der Waals surface area (Å²) in [5.74, 6) is -6.84. The van der Waals surface area contributed by atoms with Crippen LogP contribution in [0, 0.1) is 16.7 Å². The van der Waals surface area contributed by atoms with E-state index in [1.165, 1.54) is 26.0 Å². The molecule has 4 heterocycles. The lowest BCUT2D eigenvalue weighted by Gasteiger charge is -2.67. The average molecular weight is 1460 g/mol. The Hall–Kier alpha value is -4.96. The van der Waals surface area contributed by atoms with Gasteiger partial charge in [-0.2, -0.15) is 12.9 Å². The lowest BCUT2D eigenvalue weighted by atomic mass is 9.44. The first kappa shape index (κ1) is 72.8. The number of esters is 4. The van der Waals surface area contributed by atoms with Crippen molar-refractivity contribution < 1.29 is 165 Å². The van der Waals surface area contributed by atoms with Gasteiger partial charge in [0.1, 0.15) is 60.5 Å². The van der Waals surface area contributed by atoms with E-state index >= 15 is 4.79 Å². The van der Waals surface area contributed by atoms with Crippen LogP contribution in [-0.2, 0) is 110 Å². The highest BCUT2D eigenvalue weighted by Crippen LogP contribution is 2.73. The molecule has 4 aliphatic heterocycles. The van der Waals surface area contributed by atoms with Crippen molar-refractivity contribution in [1.29, 1.82) is 0 Å². The average Bonchev–Trinajstić information content (AvgIpc) is 1.10. The second-order valence-corrected chi connectivity index (χ2v) is 32.7. The smallest absolute Gasteiger partial charge is 0.456 e. The second kappa shape index (κ2) is 26.0. The molecule has 0 radical (unpaired) electrons. The molecule has 7 fully saturated rings. The van der Waals surface area contributed by atoms with Crippen molar-refractivity contribution in [2.45, 2.75) is 145 Å². The summed E-state index contributed by atoms with van der Waals surface area (Å²) >= 11 is 0. The Bertz CT molecular complexity index is 3660. The first-order valence-electron chi connectivity index (χ1n) is 28.4. The minimum Gasteiger partial charge on any atom is -0.456 e. The topological polar surface area (TPSA) is 528 Å². The highest BCUT2D eigenvalue weighted by molar-refractivity contribution is 7.62. The van der Waals surface area contributed by atoms with Crippen LogP contribution in [0.3, 0.4) is 0 Å². The number of ether oxygens (including phenoxy) is 5. The fraction of sp³-hybridized carbons (Fsp3) is 0.509. The number of carbonyl (C=O) groups excluding carboxylic acids is 6. The summed E-state index contributed by atoms with van der Waals surface area (Å²) in [5, 5.41) is 40.2. The van der Waals surface area contributed by atoms with Gasteiger partial charge in [-0.1, -0.05) is 80.6 Å². The quantitative estimate of drug-likeness (QED) is 0.0598. The number of phosphoric ester groups is 6. The standard InChI is InChI=1S/C47H51NO14.C6H12O21P6/c1-25-31(60-43(56)36(52)35(28-16-10-7-11-17-28)48-41(54)29-18-12-8-13-19-29)23-47(57)40(61-42(55)30-20-14-9-15-21-30)38-45(6,32(51)22-33-46(38,24-58-33)62-27(3)50)39(53)37(59-26(2)49)34(25)44(47,4)5;7-28(8)19-1-2(20-29(9,10)25-28)4-6(24-33(17,18)27-32(15,16)23-4)5-3(1)21-30(11,12)26-31(13,14)22-5/h7-21,31-33,35-38,40,51-52,57H,22-24H2,1-6H3,(H,48,54);1-6H,(H,7,8)(H,9,10)(H,11,12)(H,13,14)(H,15,16)(H,17,18)/t31-,32-,33+,35-,36+,37+,38-,40-,45+,46-,47+;/m0./s1. The summed E-state index contributed by atoms with van der Waals surface area (Å²) in [5.41, 5.74) is -7.02. The van der Waals surface area contributed by atoms with Crippen molar-refractivity contribution in [2.24, 2.45) is 16.7 Å². The summed E-state index contributed by atoms with van der Waals surface area (Å²) in [7, 11) is -33.5. The minimum absolute atomic E-state index is 0.00289. The Morgan fingerprint density at radius 3 is 1.43 bits per heavy atom.